The predicted molar refractivity (Wildman–Crippen MR) is 106 cm³/mol. The maximum Gasteiger partial charge on any atom is 0.255 e. The average Bonchev–Trinajstić information content (AvgIpc) is 3.03. The number of hydrogen-bond acceptors (Lipinski definition) is 4. The second-order valence-electron chi connectivity index (χ2n) is 7.21. The van der Waals surface area contributed by atoms with Gasteiger partial charge in [-0.3, -0.25) is 9.69 Å². The Morgan fingerprint density at radius 3 is 2.70 bits per heavy atom. The minimum atomic E-state index is -0.0333. The maximum atomic E-state index is 12.5. The van der Waals surface area contributed by atoms with Crippen molar-refractivity contribution in [1.82, 2.24) is 24.8 Å². The lowest BCUT2D eigenvalue weighted by Crippen LogP contribution is -2.36. The van der Waals surface area contributed by atoms with Crippen LogP contribution >= 0.6 is 11.6 Å². The van der Waals surface area contributed by atoms with Gasteiger partial charge in [-0.1, -0.05) is 55.8 Å². The van der Waals surface area contributed by atoms with Crippen LogP contribution in [0.3, 0.4) is 0 Å². The molecule has 0 unspecified atom stereocenters. The van der Waals surface area contributed by atoms with E-state index in [0.29, 0.717) is 18.2 Å². The highest BCUT2D eigenvalue weighted by molar-refractivity contribution is 6.30. The minimum absolute atomic E-state index is 0.0333. The van der Waals surface area contributed by atoms with E-state index in [-0.39, 0.29) is 11.5 Å². The molecule has 0 bridgehead atoms. The second kappa shape index (κ2) is 7.29. The van der Waals surface area contributed by atoms with Gasteiger partial charge >= 0.3 is 0 Å². The maximum absolute atomic E-state index is 12.5. The van der Waals surface area contributed by atoms with Crippen LogP contribution in [0.5, 0.6) is 0 Å². The molecular formula is C20H22ClN5O. The van der Waals surface area contributed by atoms with Crippen molar-refractivity contribution in [3.63, 3.8) is 0 Å². The zero-order chi connectivity index (χ0) is 19.0. The molecule has 27 heavy (non-hydrogen) atoms. The number of H-pyrrole nitrogens is 2. The number of aromatic amines is 2. The average molecular weight is 384 g/mol. The van der Waals surface area contributed by atoms with Crippen molar-refractivity contribution in [2.75, 3.05) is 6.54 Å². The number of benzene rings is 1. The van der Waals surface area contributed by atoms with E-state index < -0.39 is 0 Å². The summed E-state index contributed by atoms with van der Waals surface area (Å²) in [5, 5.41) is 0.474. The van der Waals surface area contributed by atoms with Gasteiger partial charge in [-0.25, -0.2) is 9.97 Å². The van der Waals surface area contributed by atoms with E-state index in [4.69, 9.17) is 11.6 Å². The van der Waals surface area contributed by atoms with Crippen molar-refractivity contribution in [3.05, 3.63) is 68.6 Å². The molecule has 4 rings (SSSR count). The summed E-state index contributed by atoms with van der Waals surface area (Å²) < 4.78 is 0. The first kappa shape index (κ1) is 17.9. The van der Waals surface area contributed by atoms with Crippen molar-refractivity contribution in [2.24, 2.45) is 0 Å². The van der Waals surface area contributed by atoms with Gasteiger partial charge < -0.3 is 9.97 Å². The topological polar surface area (TPSA) is 77.7 Å². The number of nitrogens with zero attached hydrogens (tertiary/aromatic N) is 3. The Hall–Kier alpha value is -2.44. The predicted octanol–water partition coefficient (Wildman–Crippen LogP) is 3.50. The molecule has 3 aromatic rings. The van der Waals surface area contributed by atoms with Gasteiger partial charge in [0.15, 0.2) is 5.15 Å². The fourth-order valence-electron chi connectivity index (χ4n) is 3.36. The molecule has 0 amide bonds. The first-order valence-electron chi connectivity index (χ1n) is 9.15. The van der Waals surface area contributed by atoms with Crippen molar-refractivity contribution >= 4 is 11.6 Å². The van der Waals surface area contributed by atoms with Gasteiger partial charge in [-0.05, 0) is 0 Å². The zero-order valence-corrected chi connectivity index (χ0v) is 16.2. The summed E-state index contributed by atoms with van der Waals surface area (Å²) in [6.45, 7) is 6.07. The molecule has 3 heterocycles. The molecule has 1 aliphatic heterocycles. The summed E-state index contributed by atoms with van der Waals surface area (Å²) in [6.07, 6.45) is 0.760. The molecular weight excluding hydrogens is 362 g/mol. The Morgan fingerprint density at radius 2 is 1.96 bits per heavy atom. The van der Waals surface area contributed by atoms with Gasteiger partial charge in [-0.2, -0.15) is 0 Å². The SMILES string of the molecule is CC(C)c1nc2c(c(=O)[nH]1)CN(Cc1[nH]c(-c3ccccc3)nc1Cl)CC2. The molecule has 1 aliphatic rings. The molecule has 0 saturated carbocycles. The molecule has 6 nitrogen and oxygen atoms in total. The highest BCUT2D eigenvalue weighted by Gasteiger charge is 2.23. The standard InChI is InChI=1S/C20H22ClN5O/c1-12(2)18-22-15-8-9-26(10-14(15)20(27)25-18)11-16-17(21)24-19(23-16)13-6-4-3-5-7-13/h3-7,12H,8-11H2,1-2H3,(H,23,24)(H,22,25,27). The number of imidazole rings is 1. The summed E-state index contributed by atoms with van der Waals surface area (Å²) in [5.41, 5.74) is 3.50. The van der Waals surface area contributed by atoms with Crippen LogP contribution in [0.25, 0.3) is 11.4 Å². The van der Waals surface area contributed by atoms with Gasteiger partial charge in [-0.15, -0.1) is 0 Å². The largest absolute Gasteiger partial charge is 0.339 e. The van der Waals surface area contributed by atoms with Crippen LogP contribution in [0.4, 0.5) is 0 Å². The first-order chi connectivity index (χ1) is 13.0. The smallest absolute Gasteiger partial charge is 0.255 e. The molecule has 0 saturated heterocycles. The molecule has 0 atom stereocenters. The van der Waals surface area contributed by atoms with Crippen LogP contribution in [0.2, 0.25) is 5.15 Å². The van der Waals surface area contributed by atoms with Crippen molar-refractivity contribution in [2.45, 2.75) is 39.3 Å². The van der Waals surface area contributed by atoms with Crippen LogP contribution in [-0.4, -0.2) is 31.4 Å². The summed E-state index contributed by atoms with van der Waals surface area (Å²) >= 11 is 6.35. The van der Waals surface area contributed by atoms with Gasteiger partial charge in [0.2, 0.25) is 0 Å². The Morgan fingerprint density at radius 1 is 1.19 bits per heavy atom. The van der Waals surface area contributed by atoms with Gasteiger partial charge in [0.25, 0.3) is 5.56 Å². The van der Waals surface area contributed by atoms with Crippen LogP contribution in [0.15, 0.2) is 35.1 Å². The normalized spacial score (nSPS) is 14.5. The molecule has 0 radical (unpaired) electrons. The Bertz CT molecular complexity index is 1010. The minimum Gasteiger partial charge on any atom is -0.339 e. The van der Waals surface area contributed by atoms with Crippen LogP contribution < -0.4 is 5.56 Å². The van der Waals surface area contributed by atoms with Crippen molar-refractivity contribution < 1.29 is 0 Å². The Kier molecular flexibility index (Phi) is 4.85. The third-order valence-electron chi connectivity index (χ3n) is 4.87. The fraction of sp³-hybridized carbons (Fsp3) is 0.350. The quantitative estimate of drug-likeness (QED) is 0.722. The Balaban J connectivity index is 1.54. The molecule has 0 spiro atoms. The number of fused-ring (bicyclic) bond motifs is 1. The highest BCUT2D eigenvalue weighted by Crippen LogP contribution is 2.24. The zero-order valence-electron chi connectivity index (χ0n) is 15.4. The molecule has 1 aromatic carbocycles. The fourth-order valence-corrected chi connectivity index (χ4v) is 3.55. The number of halogens is 1. The van der Waals surface area contributed by atoms with E-state index >= 15 is 0 Å². The number of nitrogens with one attached hydrogen (secondary N) is 2. The lowest BCUT2D eigenvalue weighted by molar-refractivity contribution is 0.239. The number of aromatic nitrogens is 4. The van der Waals surface area contributed by atoms with Gasteiger partial charge in [0, 0.05) is 37.5 Å². The molecule has 0 aliphatic carbocycles. The van der Waals surface area contributed by atoms with E-state index in [2.05, 4.69) is 24.8 Å². The van der Waals surface area contributed by atoms with Crippen LogP contribution in [-0.2, 0) is 19.5 Å². The van der Waals surface area contributed by atoms with Crippen molar-refractivity contribution in [3.8, 4) is 11.4 Å². The summed E-state index contributed by atoms with van der Waals surface area (Å²) in [5.74, 6) is 1.73. The van der Waals surface area contributed by atoms with E-state index in [1.807, 2.05) is 44.2 Å². The molecule has 2 aromatic heterocycles. The molecule has 7 heteroatoms. The van der Waals surface area contributed by atoms with E-state index in [1.165, 1.54) is 0 Å². The summed E-state index contributed by atoms with van der Waals surface area (Å²) in [4.78, 5) is 30.0. The van der Waals surface area contributed by atoms with E-state index in [9.17, 15) is 4.79 Å². The highest BCUT2D eigenvalue weighted by atomic mass is 35.5. The Labute approximate surface area is 162 Å². The monoisotopic (exact) mass is 383 g/mol. The van der Waals surface area contributed by atoms with E-state index in [1.54, 1.807) is 0 Å². The van der Waals surface area contributed by atoms with Crippen LogP contribution in [0.1, 0.15) is 42.5 Å². The second-order valence-corrected chi connectivity index (χ2v) is 7.57. The van der Waals surface area contributed by atoms with Gasteiger partial charge in [0.1, 0.15) is 11.6 Å². The lowest BCUT2D eigenvalue weighted by atomic mass is 10.1. The van der Waals surface area contributed by atoms with Crippen LogP contribution in [0, 0.1) is 0 Å². The third-order valence-corrected chi connectivity index (χ3v) is 5.18. The summed E-state index contributed by atoms with van der Waals surface area (Å²) in [7, 11) is 0. The number of rotatable bonds is 4. The van der Waals surface area contributed by atoms with Crippen molar-refractivity contribution in [1.29, 1.82) is 0 Å². The van der Waals surface area contributed by atoms with E-state index in [0.717, 1.165) is 47.1 Å². The molecule has 0 fully saturated rings. The summed E-state index contributed by atoms with van der Waals surface area (Å²) in [6, 6.07) is 9.90. The molecule has 140 valence electrons. The number of hydrogen-bond donors (Lipinski definition) is 2. The first-order valence-corrected chi connectivity index (χ1v) is 9.53. The molecule has 2 N–H and O–H groups in total. The van der Waals surface area contributed by atoms with Gasteiger partial charge in [0.05, 0.1) is 17.0 Å². The third kappa shape index (κ3) is 3.68. The lowest BCUT2D eigenvalue weighted by Gasteiger charge is -2.27.